The van der Waals surface area contributed by atoms with Crippen LogP contribution in [0.1, 0.15) is 227 Å². The number of hydrogen-bond donors (Lipinski definition) is 0. The zero-order valence-corrected chi connectivity index (χ0v) is 26.4. The molecule has 0 amide bonds. The lowest BCUT2D eigenvalue weighted by atomic mass is 9.81. The van der Waals surface area contributed by atoms with Gasteiger partial charge in [-0.3, -0.25) is 0 Å². The predicted octanol–water partition coefficient (Wildman–Crippen LogP) is 14.1. The molecule has 36 heavy (non-hydrogen) atoms. The Bertz CT molecular complexity index is 381. The molecule has 0 atom stereocenters. The topological polar surface area (TPSA) is 0 Å². The van der Waals surface area contributed by atoms with Gasteiger partial charge in [0, 0.05) is 0 Å². The van der Waals surface area contributed by atoms with Gasteiger partial charge in [0.05, 0.1) is 0 Å². The molecule has 0 spiro atoms. The Kier molecular flexibility index (Phi) is 29.6. The largest absolute Gasteiger partial charge is 0.0654 e. The van der Waals surface area contributed by atoms with E-state index in [0.29, 0.717) is 5.41 Å². The van der Waals surface area contributed by atoms with Gasteiger partial charge in [-0.25, -0.2) is 0 Å². The molecule has 0 saturated carbocycles. The molecule has 0 aliphatic rings. The molecule has 0 aromatic carbocycles. The van der Waals surface area contributed by atoms with Gasteiger partial charge in [0.2, 0.25) is 0 Å². The SMILES string of the molecule is CCCCCCCCCCCCCCCCCCC(C)(C)CCCCCCCCCCCCCCC. The summed E-state index contributed by atoms with van der Waals surface area (Å²) in [6.45, 7) is 9.67. The van der Waals surface area contributed by atoms with E-state index in [1.54, 1.807) is 0 Å². The molecule has 0 fully saturated rings. The minimum absolute atomic E-state index is 0.577. The van der Waals surface area contributed by atoms with Crippen molar-refractivity contribution in [3.8, 4) is 0 Å². The first-order valence-corrected chi connectivity index (χ1v) is 17.6. The van der Waals surface area contributed by atoms with Crippen LogP contribution in [-0.4, -0.2) is 0 Å². The van der Waals surface area contributed by atoms with Gasteiger partial charge in [-0.1, -0.05) is 214 Å². The third kappa shape index (κ3) is 30.2. The van der Waals surface area contributed by atoms with E-state index in [0.717, 1.165) is 0 Å². The quantitative estimate of drug-likeness (QED) is 0.0820. The van der Waals surface area contributed by atoms with E-state index in [1.165, 1.54) is 199 Å². The highest BCUT2D eigenvalue weighted by molar-refractivity contribution is 4.69. The molecule has 0 saturated heterocycles. The van der Waals surface area contributed by atoms with Crippen molar-refractivity contribution in [1.29, 1.82) is 0 Å². The second kappa shape index (κ2) is 29.6. The maximum Gasteiger partial charge on any atom is -0.0354 e. The third-order valence-electron chi connectivity index (χ3n) is 8.66. The maximum absolute atomic E-state index is 2.53. The Balaban J connectivity index is 3.27. The molecule has 0 aromatic rings. The normalized spacial score (nSPS) is 12.0. The molecule has 0 nitrogen and oxygen atoms in total. The molecule has 218 valence electrons. The van der Waals surface area contributed by atoms with Crippen LogP contribution in [0.4, 0.5) is 0 Å². The van der Waals surface area contributed by atoms with Crippen molar-refractivity contribution in [2.75, 3.05) is 0 Å². The third-order valence-corrected chi connectivity index (χ3v) is 8.66. The molecule has 0 aliphatic carbocycles. The summed E-state index contributed by atoms with van der Waals surface area (Å²) < 4.78 is 0. The summed E-state index contributed by atoms with van der Waals surface area (Å²) >= 11 is 0. The first-order valence-electron chi connectivity index (χ1n) is 17.6. The lowest BCUT2D eigenvalue weighted by Crippen LogP contribution is -2.11. The first kappa shape index (κ1) is 36.0. The summed E-state index contributed by atoms with van der Waals surface area (Å²) in [6, 6.07) is 0. The summed E-state index contributed by atoms with van der Waals surface area (Å²) in [5, 5.41) is 0. The van der Waals surface area contributed by atoms with Crippen molar-refractivity contribution >= 4 is 0 Å². The Labute approximate surface area is 232 Å². The van der Waals surface area contributed by atoms with Crippen molar-refractivity contribution in [3.05, 3.63) is 0 Å². The summed E-state index contributed by atoms with van der Waals surface area (Å²) in [6.07, 6.45) is 45.5. The van der Waals surface area contributed by atoms with E-state index in [4.69, 9.17) is 0 Å². The summed E-state index contributed by atoms with van der Waals surface area (Å²) in [4.78, 5) is 0. The summed E-state index contributed by atoms with van der Waals surface area (Å²) in [5.74, 6) is 0. The van der Waals surface area contributed by atoms with Gasteiger partial charge in [-0.05, 0) is 18.3 Å². The van der Waals surface area contributed by atoms with Crippen LogP contribution in [0, 0.1) is 5.41 Å². The lowest BCUT2D eigenvalue weighted by Gasteiger charge is -2.24. The maximum atomic E-state index is 2.53. The van der Waals surface area contributed by atoms with Gasteiger partial charge < -0.3 is 0 Å². The zero-order chi connectivity index (χ0) is 26.4. The van der Waals surface area contributed by atoms with Crippen LogP contribution in [0.2, 0.25) is 0 Å². The van der Waals surface area contributed by atoms with E-state index in [9.17, 15) is 0 Å². The molecule has 0 aliphatic heterocycles. The van der Waals surface area contributed by atoms with E-state index in [-0.39, 0.29) is 0 Å². The van der Waals surface area contributed by atoms with Crippen LogP contribution in [-0.2, 0) is 0 Å². The van der Waals surface area contributed by atoms with Crippen molar-refractivity contribution < 1.29 is 0 Å². The molecule has 0 aromatic heterocycles. The molecule has 0 heterocycles. The molecule has 0 bridgehead atoms. The van der Waals surface area contributed by atoms with Gasteiger partial charge in [-0.15, -0.1) is 0 Å². The lowest BCUT2D eigenvalue weighted by molar-refractivity contribution is 0.282. The highest BCUT2D eigenvalue weighted by Crippen LogP contribution is 2.30. The number of hydrogen-bond acceptors (Lipinski definition) is 0. The van der Waals surface area contributed by atoms with Crippen LogP contribution in [0.15, 0.2) is 0 Å². The molecule has 0 unspecified atom stereocenters. The Morgan fingerprint density at radius 1 is 0.250 bits per heavy atom. The van der Waals surface area contributed by atoms with E-state index < -0.39 is 0 Å². The van der Waals surface area contributed by atoms with Crippen LogP contribution in [0.3, 0.4) is 0 Å². The predicted molar refractivity (Wildman–Crippen MR) is 168 cm³/mol. The Morgan fingerprint density at radius 3 is 0.611 bits per heavy atom. The van der Waals surface area contributed by atoms with E-state index in [1.807, 2.05) is 0 Å². The molecular weight excluding hydrogens is 432 g/mol. The van der Waals surface area contributed by atoms with Gasteiger partial charge in [0.25, 0.3) is 0 Å². The minimum Gasteiger partial charge on any atom is -0.0654 e. The average molecular weight is 507 g/mol. The molecule has 0 radical (unpaired) electrons. The molecule has 0 N–H and O–H groups in total. The summed E-state index contributed by atoms with van der Waals surface area (Å²) in [5.41, 5.74) is 0.577. The first-order chi connectivity index (χ1) is 17.6. The van der Waals surface area contributed by atoms with E-state index >= 15 is 0 Å². The van der Waals surface area contributed by atoms with Crippen molar-refractivity contribution in [1.82, 2.24) is 0 Å². The highest BCUT2D eigenvalue weighted by atomic mass is 14.2. The van der Waals surface area contributed by atoms with Crippen molar-refractivity contribution in [2.24, 2.45) is 5.41 Å². The fourth-order valence-corrected chi connectivity index (χ4v) is 5.90. The highest BCUT2D eigenvalue weighted by Gasteiger charge is 2.16. The smallest absolute Gasteiger partial charge is 0.0354 e. The van der Waals surface area contributed by atoms with Crippen LogP contribution in [0.25, 0.3) is 0 Å². The zero-order valence-electron chi connectivity index (χ0n) is 26.4. The standard InChI is InChI=1S/C36H74/c1-5-7-9-11-13-15-17-19-20-21-23-25-27-29-31-33-35-36(3,4)34-32-30-28-26-24-22-18-16-14-12-10-8-6-2/h5-35H2,1-4H3. The fraction of sp³-hybridized carbons (Fsp3) is 1.00. The molecule has 0 heteroatoms. The van der Waals surface area contributed by atoms with Crippen LogP contribution in [0.5, 0.6) is 0 Å². The minimum atomic E-state index is 0.577. The van der Waals surface area contributed by atoms with Gasteiger partial charge in [0.15, 0.2) is 0 Å². The fourth-order valence-electron chi connectivity index (χ4n) is 5.90. The summed E-state index contributed by atoms with van der Waals surface area (Å²) in [7, 11) is 0. The molecule has 0 rings (SSSR count). The Hall–Kier alpha value is 0. The van der Waals surface area contributed by atoms with Crippen LogP contribution < -0.4 is 0 Å². The van der Waals surface area contributed by atoms with Crippen molar-refractivity contribution in [2.45, 2.75) is 227 Å². The van der Waals surface area contributed by atoms with Crippen LogP contribution >= 0.6 is 0 Å². The number of unbranched alkanes of at least 4 members (excludes halogenated alkanes) is 27. The second-order valence-electron chi connectivity index (χ2n) is 13.2. The average Bonchev–Trinajstić information content (AvgIpc) is 2.86. The number of rotatable bonds is 31. The monoisotopic (exact) mass is 507 g/mol. The van der Waals surface area contributed by atoms with Gasteiger partial charge in [0.1, 0.15) is 0 Å². The van der Waals surface area contributed by atoms with Gasteiger partial charge >= 0.3 is 0 Å². The molecular formula is C36H74. The van der Waals surface area contributed by atoms with E-state index in [2.05, 4.69) is 27.7 Å². The van der Waals surface area contributed by atoms with Crippen molar-refractivity contribution in [3.63, 3.8) is 0 Å². The Morgan fingerprint density at radius 2 is 0.417 bits per heavy atom. The second-order valence-corrected chi connectivity index (χ2v) is 13.2. The van der Waals surface area contributed by atoms with Gasteiger partial charge in [-0.2, -0.15) is 0 Å².